The summed E-state index contributed by atoms with van der Waals surface area (Å²) in [6.07, 6.45) is 3.52. The van der Waals surface area contributed by atoms with Crippen LogP contribution in [0.3, 0.4) is 0 Å². The van der Waals surface area contributed by atoms with E-state index in [1.165, 1.54) is 0 Å². The predicted octanol–water partition coefficient (Wildman–Crippen LogP) is 2.35. The second-order valence-corrected chi connectivity index (χ2v) is 6.07. The number of piperazine rings is 1. The second-order valence-electron chi connectivity index (χ2n) is 5.66. The lowest BCUT2D eigenvalue weighted by Gasteiger charge is -2.36. The molecule has 1 fully saturated rings. The van der Waals surface area contributed by atoms with E-state index in [1.54, 1.807) is 24.5 Å². The number of carbonyl (C=O) groups is 1. The van der Waals surface area contributed by atoms with E-state index in [1.807, 2.05) is 33.7 Å². The Balaban J connectivity index is 1.50. The van der Waals surface area contributed by atoms with Crippen LogP contribution in [0.15, 0.2) is 48.8 Å². The SMILES string of the molecule is O=C(c1ccccc1Cl)N1CCN(c2ccnc3ccnn23)CC1. The Morgan fingerprint density at radius 2 is 1.79 bits per heavy atom. The summed E-state index contributed by atoms with van der Waals surface area (Å²) >= 11 is 6.14. The minimum atomic E-state index is -0.0146. The van der Waals surface area contributed by atoms with Crippen LogP contribution in [0.4, 0.5) is 5.82 Å². The van der Waals surface area contributed by atoms with E-state index in [9.17, 15) is 4.79 Å². The van der Waals surface area contributed by atoms with Gasteiger partial charge < -0.3 is 9.80 Å². The Hall–Kier alpha value is -2.60. The maximum atomic E-state index is 12.6. The fourth-order valence-electron chi connectivity index (χ4n) is 3.00. The number of hydrogen-bond acceptors (Lipinski definition) is 4. The van der Waals surface area contributed by atoms with Gasteiger partial charge in [-0.15, -0.1) is 0 Å². The highest BCUT2D eigenvalue weighted by atomic mass is 35.5. The van der Waals surface area contributed by atoms with Crippen molar-refractivity contribution in [3.63, 3.8) is 0 Å². The fraction of sp³-hybridized carbons (Fsp3) is 0.235. The van der Waals surface area contributed by atoms with Crippen LogP contribution >= 0.6 is 11.6 Å². The molecule has 1 aromatic carbocycles. The molecule has 0 atom stereocenters. The number of nitrogens with zero attached hydrogens (tertiary/aromatic N) is 5. The first-order valence-electron chi connectivity index (χ1n) is 7.81. The number of carbonyl (C=O) groups excluding carboxylic acids is 1. The first-order chi connectivity index (χ1) is 11.7. The van der Waals surface area contributed by atoms with E-state index in [0.717, 1.165) is 24.6 Å². The van der Waals surface area contributed by atoms with Gasteiger partial charge in [0.2, 0.25) is 0 Å². The first-order valence-corrected chi connectivity index (χ1v) is 8.19. The molecule has 122 valence electrons. The molecule has 1 amide bonds. The summed E-state index contributed by atoms with van der Waals surface area (Å²) < 4.78 is 1.82. The number of anilines is 1. The number of benzene rings is 1. The Morgan fingerprint density at radius 3 is 2.58 bits per heavy atom. The van der Waals surface area contributed by atoms with Gasteiger partial charge in [-0.05, 0) is 18.2 Å². The zero-order chi connectivity index (χ0) is 16.5. The quantitative estimate of drug-likeness (QED) is 0.718. The number of fused-ring (bicyclic) bond motifs is 1. The van der Waals surface area contributed by atoms with Gasteiger partial charge in [0.1, 0.15) is 5.82 Å². The van der Waals surface area contributed by atoms with Gasteiger partial charge in [-0.1, -0.05) is 23.7 Å². The Labute approximate surface area is 144 Å². The van der Waals surface area contributed by atoms with Crippen LogP contribution in [0.25, 0.3) is 5.65 Å². The number of amides is 1. The van der Waals surface area contributed by atoms with E-state index in [4.69, 9.17) is 11.6 Å². The van der Waals surface area contributed by atoms with E-state index in [0.29, 0.717) is 23.7 Å². The molecule has 2 aromatic heterocycles. The smallest absolute Gasteiger partial charge is 0.255 e. The molecule has 3 heterocycles. The van der Waals surface area contributed by atoms with Crippen molar-refractivity contribution in [3.8, 4) is 0 Å². The highest BCUT2D eigenvalue weighted by Gasteiger charge is 2.24. The van der Waals surface area contributed by atoms with Crippen molar-refractivity contribution in [2.24, 2.45) is 0 Å². The van der Waals surface area contributed by atoms with Crippen molar-refractivity contribution < 1.29 is 4.79 Å². The topological polar surface area (TPSA) is 53.7 Å². The summed E-state index contributed by atoms with van der Waals surface area (Å²) in [6, 6.07) is 11.0. The summed E-state index contributed by atoms with van der Waals surface area (Å²) in [7, 11) is 0. The Morgan fingerprint density at radius 1 is 1.00 bits per heavy atom. The van der Waals surface area contributed by atoms with Crippen LogP contribution in [-0.2, 0) is 0 Å². The highest BCUT2D eigenvalue weighted by molar-refractivity contribution is 6.33. The maximum absolute atomic E-state index is 12.6. The predicted molar refractivity (Wildman–Crippen MR) is 92.6 cm³/mol. The summed E-state index contributed by atoms with van der Waals surface area (Å²) in [5.41, 5.74) is 1.38. The molecule has 0 aliphatic carbocycles. The molecule has 0 unspecified atom stereocenters. The molecule has 1 aliphatic rings. The monoisotopic (exact) mass is 341 g/mol. The van der Waals surface area contributed by atoms with Crippen molar-refractivity contribution in [2.75, 3.05) is 31.1 Å². The molecule has 0 spiro atoms. The van der Waals surface area contributed by atoms with Crippen molar-refractivity contribution in [3.05, 3.63) is 59.4 Å². The summed E-state index contributed by atoms with van der Waals surface area (Å²) in [4.78, 5) is 21.0. The number of halogens is 1. The molecule has 0 N–H and O–H groups in total. The lowest BCUT2D eigenvalue weighted by Crippen LogP contribution is -2.49. The van der Waals surface area contributed by atoms with Crippen LogP contribution in [0, 0.1) is 0 Å². The van der Waals surface area contributed by atoms with Crippen LogP contribution in [0.1, 0.15) is 10.4 Å². The molecule has 24 heavy (non-hydrogen) atoms. The zero-order valence-corrected chi connectivity index (χ0v) is 13.7. The standard InChI is InChI=1S/C17H16ClN5O/c18-14-4-2-1-3-13(14)17(24)22-11-9-21(10-12-22)16-6-7-19-15-5-8-20-23(15)16/h1-8H,9-12H2. The largest absolute Gasteiger partial charge is 0.353 e. The average Bonchev–Trinajstić information content (AvgIpc) is 3.10. The van der Waals surface area contributed by atoms with Crippen LogP contribution in [0.2, 0.25) is 5.02 Å². The Kier molecular flexibility index (Phi) is 3.82. The summed E-state index contributed by atoms with van der Waals surface area (Å²) in [5, 5.41) is 4.82. The van der Waals surface area contributed by atoms with Crippen LogP contribution in [0.5, 0.6) is 0 Å². The first kappa shape index (κ1) is 15.0. The lowest BCUT2D eigenvalue weighted by molar-refractivity contribution is 0.0746. The van der Waals surface area contributed by atoms with Gasteiger partial charge in [0, 0.05) is 38.4 Å². The van der Waals surface area contributed by atoms with Crippen molar-refractivity contribution in [1.29, 1.82) is 0 Å². The average molecular weight is 342 g/mol. The number of aromatic nitrogens is 3. The third-order valence-corrected chi connectivity index (χ3v) is 4.59. The fourth-order valence-corrected chi connectivity index (χ4v) is 3.22. The van der Waals surface area contributed by atoms with Crippen molar-refractivity contribution in [1.82, 2.24) is 19.5 Å². The molecule has 1 aliphatic heterocycles. The van der Waals surface area contributed by atoms with E-state index in [2.05, 4.69) is 15.0 Å². The lowest BCUT2D eigenvalue weighted by atomic mass is 10.2. The minimum Gasteiger partial charge on any atom is -0.353 e. The molecule has 4 rings (SSSR count). The van der Waals surface area contributed by atoms with Gasteiger partial charge in [-0.2, -0.15) is 9.61 Å². The third-order valence-electron chi connectivity index (χ3n) is 4.27. The van der Waals surface area contributed by atoms with Gasteiger partial charge in [-0.3, -0.25) is 4.79 Å². The third kappa shape index (κ3) is 2.59. The van der Waals surface area contributed by atoms with Gasteiger partial charge in [-0.25, -0.2) is 4.98 Å². The van der Waals surface area contributed by atoms with E-state index in [-0.39, 0.29) is 5.91 Å². The van der Waals surface area contributed by atoms with Crippen molar-refractivity contribution >= 4 is 29.0 Å². The molecular formula is C17H16ClN5O. The molecule has 1 saturated heterocycles. The van der Waals surface area contributed by atoms with E-state index >= 15 is 0 Å². The minimum absolute atomic E-state index is 0.0146. The zero-order valence-electron chi connectivity index (χ0n) is 13.0. The Bertz CT molecular complexity index is 885. The van der Waals surface area contributed by atoms with Crippen LogP contribution < -0.4 is 4.90 Å². The molecular weight excluding hydrogens is 326 g/mol. The molecule has 6 nitrogen and oxygen atoms in total. The van der Waals surface area contributed by atoms with Gasteiger partial charge in [0.05, 0.1) is 16.8 Å². The maximum Gasteiger partial charge on any atom is 0.255 e. The van der Waals surface area contributed by atoms with Crippen LogP contribution in [-0.4, -0.2) is 51.6 Å². The normalized spacial score (nSPS) is 15.0. The van der Waals surface area contributed by atoms with Crippen molar-refractivity contribution in [2.45, 2.75) is 0 Å². The number of hydrogen-bond donors (Lipinski definition) is 0. The highest BCUT2D eigenvalue weighted by Crippen LogP contribution is 2.20. The number of rotatable bonds is 2. The van der Waals surface area contributed by atoms with E-state index < -0.39 is 0 Å². The molecule has 0 saturated carbocycles. The van der Waals surface area contributed by atoms with Gasteiger partial charge >= 0.3 is 0 Å². The molecule has 7 heteroatoms. The second kappa shape index (κ2) is 6.13. The molecule has 3 aromatic rings. The van der Waals surface area contributed by atoms with Gasteiger partial charge in [0.25, 0.3) is 5.91 Å². The molecule has 0 bridgehead atoms. The summed E-state index contributed by atoms with van der Waals surface area (Å²) in [6.45, 7) is 2.79. The molecule has 0 radical (unpaired) electrons. The van der Waals surface area contributed by atoms with Gasteiger partial charge in [0.15, 0.2) is 5.65 Å². The summed E-state index contributed by atoms with van der Waals surface area (Å²) in [5.74, 6) is 0.981.